The molecule has 3 unspecified atom stereocenters. The van der Waals surface area contributed by atoms with Crippen LogP contribution in [0.15, 0.2) is 23.7 Å². The molecule has 0 aromatic carbocycles. The number of pyridine rings is 1. The van der Waals surface area contributed by atoms with Gasteiger partial charge in [-0.15, -0.1) is 11.3 Å². The van der Waals surface area contributed by atoms with Gasteiger partial charge in [0.15, 0.2) is 0 Å². The lowest BCUT2D eigenvalue weighted by atomic mass is 9.67. The van der Waals surface area contributed by atoms with E-state index in [1.807, 2.05) is 0 Å². The van der Waals surface area contributed by atoms with Crippen LogP contribution >= 0.6 is 11.3 Å². The molecule has 2 nitrogen and oxygen atoms in total. The van der Waals surface area contributed by atoms with Crippen molar-refractivity contribution in [1.82, 2.24) is 10.3 Å². The van der Waals surface area contributed by atoms with Crippen molar-refractivity contribution in [3.63, 3.8) is 0 Å². The van der Waals surface area contributed by atoms with Gasteiger partial charge >= 0.3 is 0 Å². The molecule has 1 aliphatic rings. The molecule has 1 N–H and O–H groups in total. The van der Waals surface area contributed by atoms with Crippen molar-refractivity contribution in [1.29, 1.82) is 0 Å². The van der Waals surface area contributed by atoms with Crippen LogP contribution in [0.2, 0.25) is 0 Å². The molecular weight excluding hydrogens is 228 g/mol. The predicted molar refractivity (Wildman–Crippen MR) is 73.6 cm³/mol. The molecule has 90 valence electrons. The van der Waals surface area contributed by atoms with Crippen molar-refractivity contribution < 1.29 is 0 Å². The van der Waals surface area contributed by atoms with Crippen LogP contribution < -0.4 is 5.32 Å². The summed E-state index contributed by atoms with van der Waals surface area (Å²) in [5.74, 6) is 1.42. The number of thiophene rings is 1. The molecule has 0 aliphatic heterocycles. The molecule has 3 atom stereocenters. The molecule has 0 spiro atoms. The van der Waals surface area contributed by atoms with E-state index in [1.54, 1.807) is 11.3 Å². The minimum atomic E-state index is 0.693. The van der Waals surface area contributed by atoms with Gasteiger partial charge in [0.05, 0.1) is 10.2 Å². The van der Waals surface area contributed by atoms with Gasteiger partial charge in [-0.3, -0.25) is 4.98 Å². The Labute approximate surface area is 106 Å². The van der Waals surface area contributed by atoms with Gasteiger partial charge in [0.25, 0.3) is 0 Å². The molecule has 0 amide bonds. The third kappa shape index (κ3) is 1.87. The van der Waals surface area contributed by atoms with Gasteiger partial charge in [0.2, 0.25) is 0 Å². The standard InChI is InChI=1S/C14H18N2S/c1-3-15-13-7-11(9(13)2)10-6-14-12(16-8-10)4-5-17-14/h4-6,8-9,11,13,15H,3,7H2,1-2H3. The highest BCUT2D eigenvalue weighted by molar-refractivity contribution is 7.17. The Bertz CT molecular complexity index is 520. The largest absolute Gasteiger partial charge is 0.314 e. The molecule has 1 aliphatic carbocycles. The van der Waals surface area contributed by atoms with Crippen LogP contribution in [0.3, 0.4) is 0 Å². The van der Waals surface area contributed by atoms with E-state index >= 15 is 0 Å². The van der Waals surface area contributed by atoms with E-state index in [9.17, 15) is 0 Å². The monoisotopic (exact) mass is 246 g/mol. The first-order valence-electron chi connectivity index (χ1n) is 6.36. The zero-order valence-electron chi connectivity index (χ0n) is 10.3. The molecule has 0 saturated heterocycles. The second-order valence-corrected chi connectivity index (χ2v) is 5.89. The lowest BCUT2D eigenvalue weighted by Crippen LogP contribution is -2.47. The molecule has 3 heteroatoms. The van der Waals surface area contributed by atoms with Gasteiger partial charge in [0.1, 0.15) is 0 Å². The lowest BCUT2D eigenvalue weighted by Gasteiger charge is -2.43. The summed E-state index contributed by atoms with van der Waals surface area (Å²) in [5, 5.41) is 5.66. The van der Waals surface area contributed by atoms with Gasteiger partial charge in [-0.25, -0.2) is 0 Å². The van der Waals surface area contributed by atoms with Gasteiger partial charge in [-0.2, -0.15) is 0 Å². The average Bonchev–Trinajstić information content (AvgIpc) is 2.80. The van der Waals surface area contributed by atoms with Crippen LogP contribution in [0.5, 0.6) is 0 Å². The minimum absolute atomic E-state index is 0.693. The van der Waals surface area contributed by atoms with E-state index in [0.717, 1.165) is 18.0 Å². The highest BCUT2D eigenvalue weighted by Crippen LogP contribution is 2.42. The molecular formula is C14H18N2S. The molecule has 1 saturated carbocycles. The van der Waals surface area contributed by atoms with E-state index in [2.05, 4.69) is 47.9 Å². The Hall–Kier alpha value is -0.930. The number of rotatable bonds is 3. The van der Waals surface area contributed by atoms with Crippen LogP contribution in [-0.4, -0.2) is 17.6 Å². The van der Waals surface area contributed by atoms with E-state index in [1.165, 1.54) is 16.7 Å². The Morgan fingerprint density at radius 2 is 2.41 bits per heavy atom. The fourth-order valence-electron chi connectivity index (χ4n) is 2.82. The number of nitrogens with one attached hydrogen (secondary N) is 1. The van der Waals surface area contributed by atoms with Crippen molar-refractivity contribution in [2.75, 3.05) is 6.54 Å². The maximum Gasteiger partial charge on any atom is 0.0809 e. The van der Waals surface area contributed by atoms with Crippen LogP contribution in [0.1, 0.15) is 31.7 Å². The molecule has 0 bridgehead atoms. The first kappa shape index (κ1) is 11.2. The molecule has 0 radical (unpaired) electrons. The SMILES string of the molecule is CCNC1CC(c2cnc3ccsc3c2)C1C. The number of hydrogen-bond acceptors (Lipinski definition) is 3. The number of fused-ring (bicyclic) bond motifs is 1. The Morgan fingerprint density at radius 3 is 3.18 bits per heavy atom. The van der Waals surface area contributed by atoms with Crippen LogP contribution in [-0.2, 0) is 0 Å². The Kier molecular flexibility index (Phi) is 2.89. The Balaban J connectivity index is 1.81. The third-order valence-corrected chi connectivity index (χ3v) is 4.85. The maximum absolute atomic E-state index is 4.54. The topological polar surface area (TPSA) is 24.9 Å². The van der Waals surface area contributed by atoms with Crippen LogP contribution in [0, 0.1) is 5.92 Å². The highest BCUT2D eigenvalue weighted by Gasteiger charge is 2.38. The first-order chi connectivity index (χ1) is 8.29. The van der Waals surface area contributed by atoms with Crippen molar-refractivity contribution in [3.05, 3.63) is 29.3 Å². The van der Waals surface area contributed by atoms with E-state index in [4.69, 9.17) is 0 Å². The normalized spacial score (nSPS) is 28.2. The fraction of sp³-hybridized carbons (Fsp3) is 0.500. The molecule has 1 fully saturated rings. The zero-order chi connectivity index (χ0) is 11.8. The average molecular weight is 246 g/mol. The van der Waals surface area contributed by atoms with E-state index in [0.29, 0.717) is 12.0 Å². The van der Waals surface area contributed by atoms with Gasteiger partial charge < -0.3 is 5.32 Å². The summed E-state index contributed by atoms with van der Waals surface area (Å²) in [6.45, 7) is 5.60. The van der Waals surface area contributed by atoms with Gasteiger partial charge in [-0.1, -0.05) is 13.8 Å². The minimum Gasteiger partial charge on any atom is -0.314 e. The fourth-order valence-corrected chi connectivity index (χ4v) is 3.61. The summed E-state index contributed by atoms with van der Waals surface area (Å²) >= 11 is 1.79. The van der Waals surface area contributed by atoms with E-state index in [-0.39, 0.29) is 0 Å². The molecule has 2 heterocycles. The smallest absolute Gasteiger partial charge is 0.0809 e. The highest BCUT2D eigenvalue weighted by atomic mass is 32.1. The van der Waals surface area contributed by atoms with Crippen LogP contribution in [0.4, 0.5) is 0 Å². The summed E-state index contributed by atoms with van der Waals surface area (Å²) < 4.78 is 1.32. The van der Waals surface area contributed by atoms with Crippen LogP contribution in [0.25, 0.3) is 10.2 Å². The molecule has 2 aromatic rings. The summed E-state index contributed by atoms with van der Waals surface area (Å²) in [5.41, 5.74) is 2.55. The zero-order valence-corrected chi connectivity index (χ0v) is 11.1. The van der Waals surface area contributed by atoms with Gasteiger partial charge in [-0.05, 0) is 47.9 Å². The van der Waals surface area contributed by atoms with Crippen molar-refractivity contribution in [2.45, 2.75) is 32.2 Å². The summed E-state index contributed by atoms with van der Waals surface area (Å²) in [6.07, 6.45) is 3.33. The summed E-state index contributed by atoms with van der Waals surface area (Å²) in [6, 6.07) is 5.12. The number of nitrogens with zero attached hydrogens (tertiary/aromatic N) is 1. The number of hydrogen-bond donors (Lipinski definition) is 1. The second kappa shape index (κ2) is 4.39. The van der Waals surface area contributed by atoms with Crippen molar-refractivity contribution in [3.8, 4) is 0 Å². The molecule has 2 aromatic heterocycles. The first-order valence-corrected chi connectivity index (χ1v) is 7.24. The third-order valence-electron chi connectivity index (χ3n) is 4.00. The Morgan fingerprint density at radius 1 is 1.53 bits per heavy atom. The number of aromatic nitrogens is 1. The summed E-state index contributed by atoms with van der Waals surface area (Å²) in [4.78, 5) is 4.54. The lowest BCUT2D eigenvalue weighted by molar-refractivity contribution is 0.187. The second-order valence-electron chi connectivity index (χ2n) is 4.94. The quantitative estimate of drug-likeness (QED) is 0.898. The van der Waals surface area contributed by atoms with Crippen molar-refractivity contribution >= 4 is 21.6 Å². The predicted octanol–water partition coefficient (Wildman–Crippen LogP) is 3.40. The van der Waals surface area contributed by atoms with E-state index < -0.39 is 0 Å². The molecule has 3 rings (SSSR count). The summed E-state index contributed by atoms with van der Waals surface area (Å²) in [7, 11) is 0. The van der Waals surface area contributed by atoms with Gasteiger partial charge in [0, 0.05) is 12.2 Å². The van der Waals surface area contributed by atoms with Crippen molar-refractivity contribution in [2.24, 2.45) is 5.92 Å². The maximum atomic E-state index is 4.54. The molecule has 17 heavy (non-hydrogen) atoms.